The van der Waals surface area contributed by atoms with Crippen molar-refractivity contribution >= 4 is 0 Å². The van der Waals surface area contributed by atoms with Crippen LogP contribution in [0.3, 0.4) is 0 Å². The van der Waals surface area contributed by atoms with E-state index in [1.165, 1.54) is 0 Å². The van der Waals surface area contributed by atoms with Gasteiger partial charge in [-0.25, -0.2) is 0 Å². The van der Waals surface area contributed by atoms with Crippen molar-refractivity contribution in [2.45, 2.75) is 46.1 Å². The Morgan fingerprint density at radius 1 is 1.44 bits per heavy atom. The SMILES string of the molecule is C=C1C=CC(C(C)C)CC=C(C)C(O)CC1. The summed E-state index contributed by atoms with van der Waals surface area (Å²) in [5, 5.41) is 9.91. The van der Waals surface area contributed by atoms with Crippen molar-refractivity contribution in [1.82, 2.24) is 0 Å². The number of hydrogen-bond donors (Lipinski definition) is 1. The molecule has 1 rings (SSSR count). The number of aliphatic hydroxyl groups is 1. The standard InChI is InChI=1S/C15H24O/c1-11(2)14-8-5-12(3)6-10-15(16)13(4)7-9-14/h5,7-8,11,14-16H,3,6,9-10H2,1-2,4H3. The van der Waals surface area contributed by atoms with Gasteiger partial charge in [0.25, 0.3) is 0 Å². The fourth-order valence-electron chi connectivity index (χ4n) is 1.92. The van der Waals surface area contributed by atoms with Gasteiger partial charge in [0.15, 0.2) is 0 Å². The van der Waals surface area contributed by atoms with Gasteiger partial charge in [-0.3, -0.25) is 0 Å². The van der Waals surface area contributed by atoms with Crippen LogP contribution in [-0.4, -0.2) is 11.2 Å². The predicted octanol–water partition coefficient (Wildman–Crippen LogP) is 3.86. The number of hydrogen-bond acceptors (Lipinski definition) is 1. The van der Waals surface area contributed by atoms with Crippen molar-refractivity contribution in [1.29, 1.82) is 0 Å². The summed E-state index contributed by atoms with van der Waals surface area (Å²) in [5.41, 5.74) is 2.23. The molecule has 0 aliphatic heterocycles. The van der Waals surface area contributed by atoms with E-state index < -0.39 is 0 Å². The van der Waals surface area contributed by atoms with Crippen molar-refractivity contribution in [3.8, 4) is 0 Å². The van der Waals surface area contributed by atoms with Gasteiger partial charge in [-0.05, 0) is 43.6 Å². The average Bonchev–Trinajstić information content (AvgIpc) is 2.23. The van der Waals surface area contributed by atoms with E-state index in [0.717, 1.165) is 30.4 Å². The van der Waals surface area contributed by atoms with Crippen LogP contribution in [-0.2, 0) is 0 Å². The lowest BCUT2D eigenvalue weighted by molar-refractivity contribution is 0.200. The molecule has 2 atom stereocenters. The van der Waals surface area contributed by atoms with Gasteiger partial charge in [-0.2, -0.15) is 0 Å². The van der Waals surface area contributed by atoms with Crippen LogP contribution < -0.4 is 0 Å². The third-order valence-electron chi connectivity index (χ3n) is 3.41. The summed E-state index contributed by atoms with van der Waals surface area (Å²) in [6.45, 7) is 10.5. The molecule has 16 heavy (non-hydrogen) atoms. The summed E-state index contributed by atoms with van der Waals surface area (Å²) in [6.07, 6.45) is 8.99. The first-order valence-corrected chi connectivity index (χ1v) is 6.21. The maximum atomic E-state index is 9.91. The zero-order valence-corrected chi connectivity index (χ0v) is 10.7. The molecule has 1 aliphatic carbocycles. The molecule has 1 heteroatoms. The summed E-state index contributed by atoms with van der Waals surface area (Å²) in [5.74, 6) is 1.18. The highest BCUT2D eigenvalue weighted by Gasteiger charge is 2.12. The molecule has 0 radical (unpaired) electrons. The molecule has 1 nitrogen and oxygen atoms in total. The molecule has 0 spiro atoms. The van der Waals surface area contributed by atoms with Crippen LogP contribution in [0.15, 0.2) is 36.0 Å². The lowest BCUT2D eigenvalue weighted by Crippen LogP contribution is -2.11. The highest BCUT2D eigenvalue weighted by molar-refractivity contribution is 5.18. The molecule has 0 saturated heterocycles. The number of aliphatic hydroxyl groups excluding tert-OH is 1. The van der Waals surface area contributed by atoms with Crippen molar-refractivity contribution in [2.24, 2.45) is 11.8 Å². The summed E-state index contributed by atoms with van der Waals surface area (Å²) in [6, 6.07) is 0. The first-order chi connectivity index (χ1) is 7.50. The Hall–Kier alpha value is -0.820. The first-order valence-electron chi connectivity index (χ1n) is 6.21. The highest BCUT2D eigenvalue weighted by Crippen LogP contribution is 2.23. The van der Waals surface area contributed by atoms with Gasteiger partial charge in [-0.1, -0.05) is 44.2 Å². The Balaban J connectivity index is 2.82. The van der Waals surface area contributed by atoms with E-state index in [1.54, 1.807) is 0 Å². The van der Waals surface area contributed by atoms with E-state index in [2.05, 4.69) is 38.7 Å². The van der Waals surface area contributed by atoms with E-state index >= 15 is 0 Å². The van der Waals surface area contributed by atoms with Crippen LogP contribution in [0.2, 0.25) is 0 Å². The lowest BCUT2D eigenvalue weighted by atomic mass is 9.88. The Morgan fingerprint density at radius 3 is 2.75 bits per heavy atom. The first kappa shape index (κ1) is 13.2. The molecular weight excluding hydrogens is 196 g/mol. The molecule has 0 saturated carbocycles. The molecule has 0 aromatic carbocycles. The number of rotatable bonds is 1. The maximum Gasteiger partial charge on any atom is 0.0750 e. The fourth-order valence-corrected chi connectivity index (χ4v) is 1.92. The summed E-state index contributed by atoms with van der Waals surface area (Å²) >= 11 is 0. The molecule has 2 unspecified atom stereocenters. The fraction of sp³-hybridized carbons (Fsp3) is 0.600. The molecule has 0 fully saturated rings. The molecule has 0 bridgehead atoms. The second kappa shape index (κ2) is 6.05. The van der Waals surface area contributed by atoms with E-state index in [4.69, 9.17) is 0 Å². The second-order valence-corrected chi connectivity index (χ2v) is 5.16. The van der Waals surface area contributed by atoms with E-state index in [1.807, 2.05) is 6.92 Å². The van der Waals surface area contributed by atoms with Crippen LogP contribution in [0, 0.1) is 11.8 Å². The second-order valence-electron chi connectivity index (χ2n) is 5.16. The van der Waals surface area contributed by atoms with E-state index in [9.17, 15) is 5.11 Å². The normalized spacial score (nSPS) is 28.1. The van der Waals surface area contributed by atoms with Gasteiger partial charge < -0.3 is 5.11 Å². The van der Waals surface area contributed by atoms with Crippen molar-refractivity contribution in [2.75, 3.05) is 0 Å². The van der Waals surface area contributed by atoms with Gasteiger partial charge in [0.2, 0.25) is 0 Å². The number of allylic oxidation sites excluding steroid dienone is 4. The predicted molar refractivity (Wildman–Crippen MR) is 70.2 cm³/mol. The summed E-state index contributed by atoms with van der Waals surface area (Å²) in [7, 11) is 0. The Bertz CT molecular complexity index is 297. The van der Waals surface area contributed by atoms with Crippen molar-refractivity contribution in [3.05, 3.63) is 36.0 Å². The van der Waals surface area contributed by atoms with Crippen LogP contribution in [0.25, 0.3) is 0 Å². The molecule has 0 aromatic rings. The van der Waals surface area contributed by atoms with Gasteiger partial charge in [0, 0.05) is 0 Å². The molecule has 0 aromatic heterocycles. The molecule has 0 heterocycles. The van der Waals surface area contributed by atoms with Crippen molar-refractivity contribution < 1.29 is 5.11 Å². The van der Waals surface area contributed by atoms with Crippen LogP contribution in [0.5, 0.6) is 0 Å². The van der Waals surface area contributed by atoms with Gasteiger partial charge in [0.1, 0.15) is 0 Å². The molecule has 0 amide bonds. The van der Waals surface area contributed by atoms with E-state index in [-0.39, 0.29) is 6.10 Å². The Labute approximate surface area is 99.6 Å². The zero-order valence-electron chi connectivity index (χ0n) is 10.7. The highest BCUT2D eigenvalue weighted by atomic mass is 16.3. The van der Waals surface area contributed by atoms with Crippen molar-refractivity contribution in [3.63, 3.8) is 0 Å². The minimum absolute atomic E-state index is 0.295. The zero-order chi connectivity index (χ0) is 12.1. The van der Waals surface area contributed by atoms with Crippen LogP contribution >= 0.6 is 0 Å². The van der Waals surface area contributed by atoms with Crippen LogP contribution in [0.4, 0.5) is 0 Å². The van der Waals surface area contributed by atoms with Gasteiger partial charge in [0.05, 0.1) is 6.10 Å². The van der Waals surface area contributed by atoms with E-state index in [0.29, 0.717) is 11.8 Å². The Kier molecular flexibility index (Phi) is 5.01. The monoisotopic (exact) mass is 220 g/mol. The lowest BCUT2D eigenvalue weighted by Gasteiger charge is -2.19. The topological polar surface area (TPSA) is 20.2 Å². The van der Waals surface area contributed by atoms with Crippen LogP contribution in [0.1, 0.15) is 40.0 Å². The third kappa shape index (κ3) is 3.97. The molecule has 1 N–H and O–H groups in total. The van der Waals surface area contributed by atoms with Gasteiger partial charge in [-0.15, -0.1) is 0 Å². The molecule has 1 aliphatic rings. The third-order valence-corrected chi connectivity index (χ3v) is 3.41. The average molecular weight is 220 g/mol. The smallest absolute Gasteiger partial charge is 0.0750 e. The quantitative estimate of drug-likeness (QED) is 0.665. The largest absolute Gasteiger partial charge is 0.389 e. The molecule has 90 valence electrons. The minimum atomic E-state index is -0.295. The maximum absolute atomic E-state index is 9.91. The Morgan fingerprint density at radius 2 is 2.12 bits per heavy atom. The minimum Gasteiger partial charge on any atom is -0.389 e. The summed E-state index contributed by atoms with van der Waals surface area (Å²) in [4.78, 5) is 0. The summed E-state index contributed by atoms with van der Waals surface area (Å²) < 4.78 is 0. The van der Waals surface area contributed by atoms with Gasteiger partial charge >= 0.3 is 0 Å². The molecular formula is C15H24O.